The van der Waals surface area contributed by atoms with E-state index in [1.165, 1.54) is 12.1 Å². The summed E-state index contributed by atoms with van der Waals surface area (Å²) >= 11 is 0. The van der Waals surface area contributed by atoms with Crippen molar-refractivity contribution in [2.24, 2.45) is 0 Å². The Hall–Kier alpha value is -4.39. The van der Waals surface area contributed by atoms with Crippen molar-refractivity contribution >= 4 is 50.1 Å². The summed E-state index contributed by atoms with van der Waals surface area (Å²) in [5, 5.41) is 19.9. The van der Waals surface area contributed by atoms with Crippen LogP contribution in [-0.2, 0) is 13.8 Å². The summed E-state index contributed by atoms with van der Waals surface area (Å²) in [6.45, 7) is 10.0. The van der Waals surface area contributed by atoms with Crippen molar-refractivity contribution in [3.8, 4) is 6.07 Å². The lowest BCUT2D eigenvalue weighted by Gasteiger charge is -2.36. The van der Waals surface area contributed by atoms with E-state index in [-0.39, 0.29) is 42.7 Å². The molecule has 0 saturated carbocycles. The number of hydrogen-bond acceptors (Lipinski definition) is 8. The first-order valence-electron chi connectivity index (χ1n) is 18.5. The number of likely N-dealkylation sites (tertiary alicyclic amines) is 1. The van der Waals surface area contributed by atoms with Crippen molar-refractivity contribution < 1.29 is 20.1 Å². The standard InChI is InChI=1S/C41H52N5O5P/c1-31(2)45(32(3)4)52(50-28-8-26-42)51-40-29-33(5)44(30-40)41(47)9-7-27-43(6)38-22-18-36(19-23-38)16-14-34-10-12-35(13-11-34)15-17-37-20-24-39(25-21-37)46(48)49/h10-25,31-33,40H,7-9,27-30H2,1-6H3/b16-14+,17-15+/t33-,40-,52?/m1/s1/i5D. The fourth-order valence-corrected chi connectivity index (χ4v) is 7.78. The maximum absolute atomic E-state index is 13.4. The van der Waals surface area contributed by atoms with Gasteiger partial charge in [-0.1, -0.05) is 60.7 Å². The van der Waals surface area contributed by atoms with Crippen LogP contribution < -0.4 is 4.90 Å². The van der Waals surface area contributed by atoms with Gasteiger partial charge in [-0.25, -0.2) is 4.67 Å². The second-order valence-electron chi connectivity index (χ2n) is 13.5. The number of benzene rings is 3. The molecule has 1 saturated heterocycles. The number of non-ortho nitro benzene ring substituents is 1. The Morgan fingerprint density at radius 2 is 1.50 bits per heavy atom. The highest BCUT2D eigenvalue weighted by atomic mass is 31.2. The molecule has 3 aromatic carbocycles. The van der Waals surface area contributed by atoms with Crippen LogP contribution in [0, 0.1) is 21.4 Å². The Labute approximate surface area is 311 Å². The number of hydrogen-bond donors (Lipinski definition) is 0. The topological polar surface area (TPSA) is 112 Å². The van der Waals surface area contributed by atoms with Gasteiger partial charge in [0.05, 0.1) is 30.1 Å². The number of carbonyl (C=O) groups excluding carboxylic acids is 1. The minimum atomic E-state index is -1.41. The number of nitro benzene ring substituents is 1. The van der Waals surface area contributed by atoms with Gasteiger partial charge in [0.1, 0.15) is 0 Å². The number of carbonyl (C=O) groups is 1. The molecule has 1 fully saturated rings. The summed E-state index contributed by atoms with van der Waals surface area (Å²) in [6.07, 6.45) is 9.84. The summed E-state index contributed by atoms with van der Waals surface area (Å²) in [5.74, 6) is 0.0510. The molecule has 0 aromatic heterocycles. The second kappa shape index (κ2) is 20.0. The Kier molecular flexibility index (Phi) is 14.9. The third-order valence-corrected chi connectivity index (χ3v) is 11.0. The van der Waals surface area contributed by atoms with Crippen LogP contribution in [0.25, 0.3) is 24.3 Å². The third kappa shape index (κ3) is 12.1. The van der Waals surface area contributed by atoms with E-state index >= 15 is 0 Å². The van der Waals surface area contributed by atoms with Gasteiger partial charge in [0.25, 0.3) is 14.2 Å². The van der Waals surface area contributed by atoms with Gasteiger partial charge in [-0.15, -0.1) is 0 Å². The molecule has 1 heterocycles. The Bertz CT molecular complexity index is 1700. The first kappa shape index (κ1) is 38.8. The first-order chi connectivity index (χ1) is 25.5. The molecule has 0 radical (unpaired) electrons. The molecule has 11 heteroatoms. The van der Waals surface area contributed by atoms with Gasteiger partial charge in [0.15, 0.2) is 0 Å². The van der Waals surface area contributed by atoms with Crippen molar-refractivity contribution in [3.63, 3.8) is 0 Å². The first-order valence-corrected chi connectivity index (χ1v) is 19.0. The van der Waals surface area contributed by atoms with E-state index in [1.54, 1.807) is 12.1 Å². The van der Waals surface area contributed by atoms with Gasteiger partial charge in [-0.3, -0.25) is 14.9 Å². The highest BCUT2D eigenvalue weighted by molar-refractivity contribution is 7.44. The zero-order chi connectivity index (χ0) is 38.3. The van der Waals surface area contributed by atoms with Crippen molar-refractivity contribution in [2.75, 3.05) is 31.6 Å². The minimum absolute atomic E-state index is 0.0510. The zero-order valence-electron chi connectivity index (χ0n) is 31.9. The lowest BCUT2D eigenvalue weighted by atomic mass is 10.1. The van der Waals surface area contributed by atoms with Gasteiger partial charge in [-0.05, 0) is 94.0 Å². The van der Waals surface area contributed by atoms with Crippen LogP contribution >= 0.6 is 8.53 Å². The van der Waals surface area contributed by atoms with E-state index in [0.29, 0.717) is 38.8 Å². The van der Waals surface area contributed by atoms with Crippen molar-refractivity contribution in [1.82, 2.24) is 9.57 Å². The number of nitro groups is 1. The smallest absolute Gasteiger partial charge is 0.269 e. The van der Waals surface area contributed by atoms with Crippen LogP contribution in [0.1, 0.15) is 83.9 Å². The maximum Gasteiger partial charge on any atom is 0.269 e. The van der Waals surface area contributed by atoms with Crippen molar-refractivity contribution in [1.29, 1.82) is 5.26 Å². The minimum Gasteiger partial charge on any atom is -0.375 e. The summed E-state index contributed by atoms with van der Waals surface area (Å²) < 4.78 is 22.9. The van der Waals surface area contributed by atoms with E-state index in [1.807, 2.05) is 36.2 Å². The molecular formula is C41H52N5O5P. The molecule has 0 spiro atoms. The molecule has 4 rings (SSSR count). The predicted octanol–water partition coefficient (Wildman–Crippen LogP) is 9.43. The summed E-state index contributed by atoms with van der Waals surface area (Å²) in [4.78, 5) is 27.8. The van der Waals surface area contributed by atoms with E-state index in [0.717, 1.165) is 34.5 Å². The van der Waals surface area contributed by atoms with Crippen molar-refractivity contribution in [2.45, 2.75) is 84.5 Å². The van der Waals surface area contributed by atoms with E-state index < -0.39 is 13.4 Å². The maximum atomic E-state index is 13.4. The molecule has 52 heavy (non-hydrogen) atoms. The molecule has 3 aromatic rings. The van der Waals surface area contributed by atoms with E-state index in [9.17, 15) is 14.9 Å². The molecule has 0 bridgehead atoms. The van der Waals surface area contributed by atoms with E-state index in [4.69, 9.17) is 15.7 Å². The molecule has 1 aliphatic heterocycles. The molecule has 1 aliphatic rings. The van der Waals surface area contributed by atoms with Crippen LogP contribution in [0.15, 0.2) is 72.8 Å². The molecule has 1 unspecified atom stereocenters. The third-order valence-electron chi connectivity index (χ3n) is 8.79. The molecular weight excluding hydrogens is 673 g/mol. The lowest BCUT2D eigenvalue weighted by molar-refractivity contribution is -0.384. The number of rotatable bonds is 18. The summed E-state index contributed by atoms with van der Waals surface area (Å²) in [6, 6.07) is 25.3. The Balaban J connectivity index is 1.24. The summed E-state index contributed by atoms with van der Waals surface area (Å²) in [7, 11) is 0.625. The largest absolute Gasteiger partial charge is 0.375 e. The van der Waals surface area contributed by atoms with Crippen LogP contribution in [-0.4, -0.2) is 71.4 Å². The van der Waals surface area contributed by atoms with Gasteiger partial charge in [0, 0.05) is 63.9 Å². The average molecular weight is 727 g/mol. The Morgan fingerprint density at radius 3 is 1.98 bits per heavy atom. The molecule has 0 aliphatic carbocycles. The zero-order valence-corrected chi connectivity index (χ0v) is 31.8. The van der Waals surface area contributed by atoms with Gasteiger partial charge in [-0.2, -0.15) is 5.26 Å². The molecule has 3 atom stereocenters. The summed E-state index contributed by atoms with van der Waals surface area (Å²) in [5.41, 5.74) is 5.23. The monoisotopic (exact) mass is 726 g/mol. The van der Waals surface area contributed by atoms with Gasteiger partial charge < -0.3 is 18.8 Å². The van der Waals surface area contributed by atoms with Gasteiger partial charge >= 0.3 is 0 Å². The predicted molar refractivity (Wildman–Crippen MR) is 212 cm³/mol. The second-order valence-corrected chi connectivity index (χ2v) is 14.9. The number of nitrogens with zero attached hydrogens (tertiary/aromatic N) is 5. The fourth-order valence-electron chi connectivity index (χ4n) is 6.07. The van der Waals surface area contributed by atoms with Gasteiger partial charge in [0.2, 0.25) is 5.91 Å². The van der Waals surface area contributed by atoms with Crippen molar-refractivity contribution in [3.05, 3.63) is 105 Å². The molecule has 276 valence electrons. The van der Waals surface area contributed by atoms with Crippen LogP contribution in [0.2, 0.25) is 0 Å². The normalized spacial score (nSPS) is 17.0. The molecule has 10 nitrogen and oxygen atoms in total. The SMILES string of the molecule is [2H]C[C@@H]1C[C@@H](OP(OCCC#N)N(C(C)C)C(C)C)CN1C(=O)CCCN(C)c1ccc(/C=C/c2ccc(/C=C/c3ccc([N+](=O)[O-])cc3)cc2)cc1. The van der Waals surface area contributed by atoms with Crippen LogP contribution in [0.5, 0.6) is 0 Å². The number of amides is 1. The molecule has 0 N–H and O–H groups in total. The Morgan fingerprint density at radius 1 is 0.981 bits per heavy atom. The quantitative estimate of drug-likeness (QED) is 0.0419. The van der Waals surface area contributed by atoms with Crippen LogP contribution in [0.3, 0.4) is 0 Å². The highest BCUT2D eigenvalue weighted by Crippen LogP contribution is 2.48. The fraction of sp³-hybridized carbons (Fsp3) is 0.415. The highest BCUT2D eigenvalue weighted by Gasteiger charge is 2.37. The lowest BCUT2D eigenvalue weighted by Crippen LogP contribution is -2.36. The van der Waals surface area contributed by atoms with Crippen LogP contribution in [0.4, 0.5) is 11.4 Å². The molecule has 1 amide bonds. The van der Waals surface area contributed by atoms with E-state index in [2.05, 4.69) is 91.9 Å². The average Bonchev–Trinajstić information content (AvgIpc) is 3.56. The number of anilines is 1. The number of nitriles is 1.